The zero-order valence-electron chi connectivity index (χ0n) is 14.6. The molecule has 26 heavy (non-hydrogen) atoms. The monoisotopic (exact) mass is 367 g/mol. The molecule has 2 aromatic rings. The number of aromatic nitrogens is 5. The number of nitrogens with one attached hydrogen (secondary N) is 1. The van der Waals surface area contributed by atoms with Crippen LogP contribution in [-0.4, -0.2) is 67.0 Å². The van der Waals surface area contributed by atoms with Crippen molar-refractivity contribution in [3.05, 3.63) is 29.3 Å². The molecule has 3 heterocycles. The molecule has 1 unspecified atom stereocenters. The van der Waals surface area contributed by atoms with E-state index in [2.05, 4.69) is 20.7 Å². The van der Waals surface area contributed by atoms with E-state index in [4.69, 9.17) is 0 Å². The highest BCUT2D eigenvalue weighted by Gasteiger charge is 2.47. The minimum Gasteiger partial charge on any atom is -0.354 e. The van der Waals surface area contributed by atoms with Crippen molar-refractivity contribution < 1.29 is 18.4 Å². The molecule has 1 saturated heterocycles. The van der Waals surface area contributed by atoms with E-state index >= 15 is 0 Å². The highest BCUT2D eigenvalue weighted by atomic mass is 19.3. The van der Waals surface area contributed by atoms with Crippen LogP contribution in [0.3, 0.4) is 0 Å². The summed E-state index contributed by atoms with van der Waals surface area (Å²) in [5.41, 5.74) is 0.954. The topological polar surface area (TPSA) is 97.9 Å². The van der Waals surface area contributed by atoms with Gasteiger partial charge in [-0.05, 0) is 13.0 Å². The van der Waals surface area contributed by atoms with Crippen molar-refractivity contribution in [2.24, 2.45) is 7.05 Å². The molecular formula is C15H19F2N7O2. The molecule has 1 fully saturated rings. The zero-order chi connectivity index (χ0) is 19.1. The minimum absolute atomic E-state index is 0.0111. The first kappa shape index (κ1) is 18.0. The number of rotatable bonds is 4. The van der Waals surface area contributed by atoms with Crippen molar-refractivity contribution in [3.63, 3.8) is 0 Å². The van der Waals surface area contributed by atoms with Gasteiger partial charge in [0.25, 0.3) is 17.7 Å². The van der Waals surface area contributed by atoms with Gasteiger partial charge in [0, 0.05) is 26.2 Å². The fraction of sp³-hybridized carbons (Fsp3) is 0.533. The van der Waals surface area contributed by atoms with E-state index in [0.29, 0.717) is 0 Å². The van der Waals surface area contributed by atoms with E-state index in [1.165, 1.54) is 22.6 Å². The third kappa shape index (κ3) is 3.41. The minimum atomic E-state index is -2.99. The molecule has 9 nitrogen and oxygen atoms in total. The van der Waals surface area contributed by atoms with Gasteiger partial charge in [-0.1, -0.05) is 5.21 Å². The van der Waals surface area contributed by atoms with Crippen LogP contribution in [0.25, 0.3) is 0 Å². The predicted octanol–water partition coefficient (Wildman–Crippen LogP) is 0.230. The van der Waals surface area contributed by atoms with Crippen LogP contribution in [0.2, 0.25) is 0 Å². The first-order valence-corrected chi connectivity index (χ1v) is 8.02. The Balaban J connectivity index is 1.81. The lowest BCUT2D eigenvalue weighted by Crippen LogP contribution is -2.39. The number of likely N-dealkylation sites (tertiary alicyclic amines) is 1. The van der Waals surface area contributed by atoms with Crippen LogP contribution < -0.4 is 5.32 Å². The summed E-state index contributed by atoms with van der Waals surface area (Å²) in [6, 6.07) is 0.786. The van der Waals surface area contributed by atoms with Crippen LogP contribution in [0.4, 0.5) is 8.78 Å². The molecule has 0 bridgehead atoms. The van der Waals surface area contributed by atoms with E-state index in [1.807, 2.05) is 0 Å². The fourth-order valence-electron chi connectivity index (χ4n) is 2.95. The van der Waals surface area contributed by atoms with E-state index < -0.39 is 36.7 Å². The summed E-state index contributed by atoms with van der Waals surface area (Å²) in [5.74, 6) is -3.97. The third-order valence-electron chi connectivity index (χ3n) is 4.37. The molecule has 0 aromatic carbocycles. The lowest BCUT2D eigenvalue weighted by molar-refractivity contribution is 0.0116. The average molecular weight is 367 g/mol. The molecule has 1 N–H and O–H groups in total. The zero-order valence-corrected chi connectivity index (χ0v) is 14.6. The summed E-state index contributed by atoms with van der Waals surface area (Å²) >= 11 is 0. The van der Waals surface area contributed by atoms with E-state index in [-0.39, 0.29) is 17.9 Å². The number of halogens is 2. The molecule has 3 rings (SSSR count). The van der Waals surface area contributed by atoms with Gasteiger partial charge in [0.1, 0.15) is 0 Å². The maximum absolute atomic E-state index is 14.0. The second kappa shape index (κ2) is 6.46. The van der Waals surface area contributed by atoms with Gasteiger partial charge >= 0.3 is 0 Å². The Hall–Kier alpha value is -2.85. The molecule has 140 valence electrons. The first-order chi connectivity index (χ1) is 12.2. The van der Waals surface area contributed by atoms with Crippen LogP contribution in [0.1, 0.15) is 33.1 Å². The van der Waals surface area contributed by atoms with Crippen molar-refractivity contribution in [1.29, 1.82) is 0 Å². The van der Waals surface area contributed by atoms with Gasteiger partial charge < -0.3 is 10.2 Å². The number of hydrogen-bond acceptors (Lipinski definition) is 5. The molecule has 1 aliphatic rings. The molecule has 0 radical (unpaired) electrons. The average Bonchev–Trinajstić information content (AvgIpc) is 3.25. The van der Waals surface area contributed by atoms with Crippen LogP contribution in [0, 0.1) is 6.92 Å². The maximum atomic E-state index is 14.0. The van der Waals surface area contributed by atoms with Gasteiger partial charge in [-0.15, -0.1) is 5.10 Å². The summed E-state index contributed by atoms with van der Waals surface area (Å²) in [6.07, 6.45) is 0.878. The number of hydrogen-bond donors (Lipinski definition) is 1. The van der Waals surface area contributed by atoms with Crippen molar-refractivity contribution >= 4 is 11.8 Å². The number of nitrogens with zero attached hydrogens (tertiary/aromatic N) is 6. The van der Waals surface area contributed by atoms with Gasteiger partial charge in [0.2, 0.25) is 0 Å². The standard InChI is InChI=1S/C15H19F2N7O2/c1-9-4-11(20-22(9)3)14(26)24-8-15(16,17)5-10(24)6-23-7-12(19-21-23)13(25)18-2/h4,7,10H,5-6,8H2,1-3H3,(H,18,25). The van der Waals surface area contributed by atoms with Crippen LogP contribution in [0.5, 0.6) is 0 Å². The largest absolute Gasteiger partial charge is 0.354 e. The summed E-state index contributed by atoms with van der Waals surface area (Å²) in [5, 5.41) is 14.0. The van der Waals surface area contributed by atoms with Gasteiger partial charge in [-0.25, -0.2) is 13.5 Å². The van der Waals surface area contributed by atoms with E-state index in [9.17, 15) is 18.4 Å². The lowest BCUT2D eigenvalue weighted by Gasteiger charge is -2.22. The smallest absolute Gasteiger partial charge is 0.274 e. The van der Waals surface area contributed by atoms with Gasteiger partial charge in [0.15, 0.2) is 11.4 Å². The van der Waals surface area contributed by atoms with E-state index in [1.54, 1.807) is 20.0 Å². The molecule has 0 aliphatic carbocycles. The Labute approximate surface area is 147 Å². The van der Waals surface area contributed by atoms with Gasteiger partial charge in [0.05, 0.1) is 25.3 Å². The normalized spacial score (nSPS) is 19.0. The third-order valence-corrected chi connectivity index (χ3v) is 4.37. The Bertz CT molecular complexity index is 825. The molecule has 11 heteroatoms. The van der Waals surface area contributed by atoms with Gasteiger partial charge in [-0.3, -0.25) is 14.3 Å². The Morgan fingerprint density at radius 3 is 2.73 bits per heavy atom. The van der Waals surface area contributed by atoms with Crippen LogP contribution >= 0.6 is 0 Å². The second-order valence-corrected chi connectivity index (χ2v) is 6.35. The molecule has 2 aromatic heterocycles. The molecular weight excluding hydrogens is 348 g/mol. The highest BCUT2D eigenvalue weighted by Crippen LogP contribution is 2.33. The number of carbonyl (C=O) groups excluding carboxylic acids is 2. The number of alkyl halides is 2. The predicted molar refractivity (Wildman–Crippen MR) is 85.7 cm³/mol. The summed E-state index contributed by atoms with van der Waals surface area (Å²) in [6.45, 7) is 1.11. The molecule has 0 spiro atoms. The Kier molecular flexibility index (Phi) is 4.46. The first-order valence-electron chi connectivity index (χ1n) is 8.02. The van der Waals surface area contributed by atoms with Gasteiger partial charge in [-0.2, -0.15) is 5.10 Å². The van der Waals surface area contributed by atoms with E-state index in [0.717, 1.165) is 10.6 Å². The molecule has 2 amide bonds. The SMILES string of the molecule is CNC(=O)c1cn(CC2CC(F)(F)CN2C(=O)c2cc(C)n(C)n2)nn1. The Morgan fingerprint density at radius 1 is 1.38 bits per heavy atom. The number of aryl methyl sites for hydroxylation is 2. The van der Waals surface area contributed by atoms with Crippen molar-refractivity contribution in [2.75, 3.05) is 13.6 Å². The highest BCUT2D eigenvalue weighted by molar-refractivity contribution is 5.93. The van der Waals surface area contributed by atoms with Crippen molar-refractivity contribution in [1.82, 2.24) is 35.0 Å². The number of amides is 2. The quantitative estimate of drug-likeness (QED) is 0.834. The maximum Gasteiger partial charge on any atom is 0.274 e. The second-order valence-electron chi connectivity index (χ2n) is 6.35. The molecule has 0 saturated carbocycles. The molecule has 1 atom stereocenters. The molecule has 1 aliphatic heterocycles. The van der Waals surface area contributed by atoms with Crippen LogP contribution in [0.15, 0.2) is 12.3 Å². The summed E-state index contributed by atoms with van der Waals surface area (Å²) in [4.78, 5) is 25.3. The lowest BCUT2D eigenvalue weighted by atomic mass is 10.2. The fourth-order valence-corrected chi connectivity index (χ4v) is 2.95. The number of carbonyl (C=O) groups is 2. The Morgan fingerprint density at radius 2 is 2.12 bits per heavy atom. The summed E-state index contributed by atoms with van der Waals surface area (Å²) < 4.78 is 30.7. The summed E-state index contributed by atoms with van der Waals surface area (Å²) in [7, 11) is 3.13. The van der Waals surface area contributed by atoms with Crippen molar-refractivity contribution in [3.8, 4) is 0 Å². The van der Waals surface area contributed by atoms with Crippen LogP contribution in [-0.2, 0) is 13.6 Å². The van der Waals surface area contributed by atoms with Crippen molar-refractivity contribution in [2.45, 2.75) is 31.9 Å².